The summed E-state index contributed by atoms with van der Waals surface area (Å²) in [6, 6.07) is 0. The van der Waals surface area contributed by atoms with Gasteiger partial charge in [-0.05, 0) is 13.8 Å². The maximum Gasteiger partial charge on any atom is 0.269 e. The number of nitrogens with zero attached hydrogens (tertiary/aromatic N) is 1. The van der Waals surface area contributed by atoms with Crippen molar-refractivity contribution in [1.29, 1.82) is 0 Å². The Kier molecular flexibility index (Phi) is 1.45. The predicted molar refractivity (Wildman–Crippen MR) is 38.7 cm³/mol. The normalized spacial score (nSPS) is 9.80. The fourth-order valence-electron chi connectivity index (χ4n) is 0.640. The molecule has 10 heavy (non-hydrogen) atoms. The van der Waals surface area contributed by atoms with E-state index in [4.69, 9.17) is 5.73 Å². The molecule has 0 fully saturated rings. The van der Waals surface area contributed by atoms with Crippen LogP contribution in [0.2, 0.25) is 0 Å². The molecule has 0 saturated heterocycles. The van der Waals surface area contributed by atoms with Gasteiger partial charge in [0.15, 0.2) is 0 Å². The number of nitrogens with two attached hydrogens (primary N) is 1. The van der Waals surface area contributed by atoms with Crippen molar-refractivity contribution >= 4 is 5.82 Å². The molecule has 0 aromatic carbocycles. The largest absolute Gasteiger partial charge is 0.382 e. The summed E-state index contributed by atoms with van der Waals surface area (Å²) in [5.74, 6) is 0.386. The minimum atomic E-state index is -0.174. The molecule has 1 rings (SSSR count). The van der Waals surface area contributed by atoms with Crippen LogP contribution in [0.5, 0.6) is 0 Å². The monoisotopic (exact) mass is 139 g/mol. The van der Waals surface area contributed by atoms with E-state index in [0.29, 0.717) is 17.2 Å². The van der Waals surface area contributed by atoms with Crippen LogP contribution in [0, 0.1) is 13.8 Å². The second-order valence-corrected chi connectivity index (χ2v) is 2.16. The molecule has 4 nitrogen and oxygen atoms in total. The Morgan fingerprint density at radius 2 is 2.10 bits per heavy atom. The van der Waals surface area contributed by atoms with Crippen LogP contribution < -0.4 is 11.3 Å². The first-order valence-corrected chi connectivity index (χ1v) is 2.94. The van der Waals surface area contributed by atoms with E-state index in [-0.39, 0.29) is 5.56 Å². The zero-order valence-corrected chi connectivity index (χ0v) is 5.93. The molecule has 0 atom stereocenters. The Labute approximate surface area is 58.1 Å². The average Bonchev–Trinajstić information content (AvgIpc) is 1.84. The standard InChI is InChI=1S/C6H9N3O/c1-3-5(7)8-4(2)6(10)9-3/h1-2H3,(H2,7,8)(H,9,10). The Bertz CT molecular complexity index is 302. The van der Waals surface area contributed by atoms with Crippen LogP contribution in [0.25, 0.3) is 0 Å². The molecule has 1 aromatic rings. The number of H-pyrrole nitrogens is 1. The summed E-state index contributed by atoms with van der Waals surface area (Å²) in [6.45, 7) is 3.33. The highest BCUT2D eigenvalue weighted by molar-refractivity contribution is 5.32. The van der Waals surface area contributed by atoms with Gasteiger partial charge in [0.25, 0.3) is 5.56 Å². The Hall–Kier alpha value is -1.32. The summed E-state index contributed by atoms with van der Waals surface area (Å²) in [5, 5.41) is 0. The summed E-state index contributed by atoms with van der Waals surface area (Å²) in [5.41, 5.74) is 6.26. The van der Waals surface area contributed by atoms with Gasteiger partial charge in [0.2, 0.25) is 0 Å². The van der Waals surface area contributed by atoms with Crippen LogP contribution in [-0.4, -0.2) is 9.97 Å². The quantitative estimate of drug-likeness (QED) is 0.530. The first-order valence-electron chi connectivity index (χ1n) is 2.94. The number of aromatic amines is 1. The molecule has 0 aliphatic carbocycles. The van der Waals surface area contributed by atoms with Crippen molar-refractivity contribution in [2.24, 2.45) is 0 Å². The number of nitrogen functional groups attached to an aromatic ring is 1. The number of hydrogen-bond acceptors (Lipinski definition) is 3. The van der Waals surface area contributed by atoms with Gasteiger partial charge >= 0.3 is 0 Å². The number of rotatable bonds is 0. The highest BCUT2D eigenvalue weighted by Gasteiger charge is 1.98. The lowest BCUT2D eigenvalue weighted by molar-refractivity contribution is 1.02. The van der Waals surface area contributed by atoms with E-state index in [2.05, 4.69) is 9.97 Å². The van der Waals surface area contributed by atoms with Crippen molar-refractivity contribution in [3.05, 3.63) is 21.7 Å². The minimum absolute atomic E-state index is 0.174. The van der Waals surface area contributed by atoms with Gasteiger partial charge in [-0.15, -0.1) is 0 Å². The lowest BCUT2D eigenvalue weighted by Crippen LogP contribution is -2.15. The summed E-state index contributed by atoms with van der Waals surface area (Å²) in [6.07, 6.45) is 0. The smallest absolute Gasteiger partial charge is 0.269 e. The SMILES string of the molecule is Cc1[nH]c(=O)c(C)nc1N. The number of aryl methyl sites for hydroxylation is 2. The fourth-order valence-corrected chi connectivity index (χ4v) is 0.640. The van der Waals surface area contributed by atoms with Gasteiger partial charge in [0, 0.05) is 0 Å². The first kappa shape index (κ1) is 6.80. The molecule has 1 aromatic heterocycles. The first-order chi connectivity index (χ1) is 4.61. The number of nitrogens with one attached hydrogen (secondary N) is 1. The summed E-state index contributed by atoms with van der Waals surface area (Å²) < 4.78 is 0. The van der Waals surface area contributed by atoms with Crippen LogP contribution in [0.4, 0.5) is 5.82 Å². The van der Waals surface area contributed by atoms with Crippen LogP contribution in [0.3, 0.4) is 0 Å². The molecule has 0 amide bonds. The predicted octanol–water partition coefficient (Wildman–Crippen LogP) is -0.0311. The fraction of sp³-hybridized carbons (Fsp3) is 0.333. The molecule has 0 saturated carbocycles. The molecular formula is C6H9N3O. The Balaban J connectivity index is 3.43. The van der Waals surface area contributed by atoms with Crippen molar-refractivity contribution in [1.82, 2.24) is 9.97 Å². The molecule has 4 heteroatoms. The van der Waals surface area contributed by atoms with E-state index in [9.17, 15) is 4.79 Å². The molecule has 54 valence electrons. The highest BCUT2D eigenvalue weighted by atomic mass is 16.1. The molecule has 0 aliphatic heterocycles. The molecule has 3 N–H and O–H groups in total. The highest BCUT2D eigenvalue weighted by Crippen LogP contribution is 1.98. The minimum Gasteiger partial charge on any atom is -0.382 e. The van der Waals surface area contributed by atoms with Gasteiger partial charge in [0.05, 0.1) is 5.69 Å². The lowest BCUT2D eigenvalue weighted by atomic mass is 10.4. The van der Waals surface area contributed by atoms with E-state index < -0.39 is 0 Å². The van der Waals surface area contributed by atoms with Crippen molar-refractivity contribution in [2.45, 2.75) is 13.8 Å². The lowest BCUT2D eigenvalue weighted by Gasteiger charge is -1.97. The van der Waals surface area contributed by atoms with Crippen LogP contribution in [0.1, 0.15) is 11.4 Å². The van der Waals surface area contributed by atoms with Gasteiger partial charge in [-0.3, -0.25) is 4.79 Å². The molecule has 0 spiro atoms. The summed E-state index contributed by atoms with van der Waals surface area (Å²) in [7, 11) is 0. The molecule has 0 bridgehead atoms. The van der Waals surface area contributed by atoms with Gasteiger partial charge in [-0.25, -0.2) is 4.98 Å². The van der Waals surface area contributed by atoms with Crippen molar-refractivity contribution in [3.63, 3.8) is 0 Å². The van der Waals surface area contributed by atoms with E-state index in [0.717, 1.165) is 0 Å². The Morgan fingerprint density at radius 1 is 1.50 bits per heavy atom. The van der Waals surface area contributed by atoms with Crippen LogP contribution in [0.15, 0.2) is 4.79 Å². The summed E-state index contributed by atoms with van der Waals surface area (Å²) >= 11 is 0. The molecule has 0 unspecified atom stereocenters. The van der Waals surface area contributed by atoms with Crippen LogP contribution in [-0.2, 0) is 0 Å². The summed E-state index contributed by atoms with van der Waals surface area (Å²) in [4.78, 5) is 17.2. The molecule has 1 heterocycles. The van der Waals surface area contributed by atoms with Crippen LogP contribution >= 0.6 is 0 Å². The topological polar surface area (TPSA) is 71.8 Å². The second-order valence-electron chi connectivity index (χ2n) is 2.16. The third-order valence-electron chi connectivity index (χ3n) is 1.30. The van der Waals surface area contributed by atoms with E-state index >= 15 is 0 Å². The molecule has 0 radical (unpaired) electrons. The second kappa shape index (κ2) is 2.13. The third-order valence-corrected chi connectivity index (χ3v) is 1.30. The van der Waals surface area contributed by atoms with Crippen molar-refractivity contribution in [2.75, 3.05) is 5.73 Å². The molecular weight excluding hydrogens is 130 g/mol. The third kappa shape index (κ3) is 1.00. The Morgan fingerprint density at radius 3 is 2.60 bits per heavy atom. The molecule has 0 aliphatic rings. The average molecular weight is 139 g/mol. The van der Waals surface area contributed by atoms with E-state index in [1.165, 1.54) is 0 Å². The van der Waals surface area contributed by atoms with Gasteiger partial charge in [-0.1, -0.05) is 0 Å². The number of hydrogen-bond donors (Lipinski definition) is 2. The maximum absolute atomic E-state index is 10.8. The van der Waals surface area contributed by atoms with Gasteiger partial charge < -0.3 is 10.7 Å². The zero-order valence-electron chi connectivity index (χ0n) is 5.93. The van der Waals surface area contributed by atoms with E-state index in [1.54, 1.807) is 13.8 Å². The maximum atomic E-state index is 10.8. The van der Waals surface area contributed by atoms with Crippen molar-refractivity contribution in [3.8, 4) is 0 Å². The van der Waals surface area contributed by atoms with Crippen molar-refractivity contribution < 1.29 is 0 Å². The van der Waals surface area contributed by atoms with Gasteiger partial charge in [0.1, 0.15) is 11.5 Å². The number of aromatic nitrogens is 2. The zero-order chi connectivity index (χ0) is 7.72. The van der Waals surface area contributed by atoms with E-state index in [1.807, 2.05) is 0 Å². The van der Waals surface area contributed by atoms with Gasteiger partial charge in [-0.2, -0.15) is 0 Å². The number of anilines is 1.